The van der Waals surface area contributed by atoms with E-state index in [0.717, 1.165) is 48.8 Å². The van der Waals surface area contributed by atoms with E-state index in [4.69, 9.17) is 5.10 Å². The molecule has 3 aromatic rings. The molecule has 0 spiro atoms. The van der Waals surface area contributed by atoms with Crippen molar-refractivity contribution in [1.29, 1.82) is 0 Å². The van der Waals surface area contributed by atoms with Gasteiger partial charge in [0.1, 0.15) is 5.03 Å². The number of piperidine rings is 1. The monoisotopic (exact) mass is 435 g/mol. The lowest BCUT2D eigenvalue weighted by Gasteiger charge is -2.22. The van der Waals surface area contributed by atoms with Crippen LogP contribution in [-0.4, -0.2) is 32.9 Å². The van der Waals surface area contributed by atoms with E-state index in [1.165, 1.54) is 6.07 Å². The minimum Gasteiger partial charge on any atom is -0.352 e. The first kappa shape index (κ1) is 21.0. The van der Waals surface area contributed by atoms with Crippen LogP contribution in [0.3, 0.4) is 0 Å². The maximum atomic E-state index is 13.1. The zero-order chi connectivity index (χ0) is 21.3. The van der Waals surface area contributed by atoms with Crippen molar-refractivity contribution >= 4 is 28.8 Å². The number of fused-ring (bicyclic) bond motifs is 1. The fourth-order valence-corrected chi connectivity index (χ4v) is 4.67. The summed E-state index contributed by atoms with van der Waals surface area (Å²) in [6.07, 6.45) is -0.383. The highest BCUT2D eigenvalue weighted by atomic mass is 32.2. The summed E-state index contributed by atoms with van der Waals surface area (Å²) in [4.78, 5) is 4.49. The smallest absolute Gasteiger partial charge is 0.352 e. The Morgan fingerprint density at radius 1 is 1.27 bits per heavy atom. The number of nitrogens with zero attached hydrogens (tertiary/aromatic N) is 3. The molecule has 30 heavy (non-hydrogen) atoms. The molecule has 2 aromatic heterocycles. The second kappa shape index (κ2) is 8.47. The zero-order valence-corrected chi connectivity index (χ0v) is 17.6. The number of nitrogens with one attached hydrogen (secondary N) is 2. The van der Waals surface area contributed by atoms with Crippen LogP contribution in [0.2, 0.25) is 0 Å². The van der Waals surface area contributed by atoms with Crippen molar-refractivity contribution < 1.29 is 13.2 Å². The summed E-state index contributed by atoms with van der Waals surface area (Å²) in [5.41, 5.74) is 1.88. The Kier molecular flexibility index (Phi) is 5.92. The van der Waals surface area contributed by atoms with Crippen LogP contribution in [-0.2, 0) is 6.18 Å². The molecule has 1 unspecified atom stereocenters. The van der Waals surface area contributed by atoms with Gasteiger partial charge in [0.05, 0.1) is 23.1 Å². The number of aromatic nitrogens is 3. The molecule has 9 heteroatoms. The average molecular weight is 436 g/mol. The van der Waals surface area contributed by atoms with Crippen molar-refractivity contribution in [2.75, 3.05) is 18.4 Å². The van der Waals surface area contributed by atoms with E-state index < -0.39 is 11.7 Å². The topological polar surface area (TPSA) is 54.2 Å². The van der Waals surface area contributed by atoms with Gasteiger partial charge in [0.2, 0.25) is 0 Å². The molecule has 0 bridgehead atoms. The van der Waals surface area contributed by atoms with Crippen LogP contribution >= 0.6 is 11.8 Å². The van der Waals surface area contributed by atoms with Gasteiger partial charge in [-0.1, -0.05) is 31.7 Å². The Labute approximate surface area is 177 Å². The fourth-order valence-electron chi connectivity index (χ4n) is 3.53. The summed E-state index contributed by atoms with van der Waals surface area (Å²) < 4.78 is 41.1. The van der Waals surface area contributed by atoms with E-state index in [2.05, 4.69) is 29.5 Å². The van der Waals surface area contributed by atoms with E-state index >= 15 is 0 Å². The number of alkyl halides is 3. The van der Waals surface area contributed by atoms with Crippen molar-refractivity contribution in [2.24, 2.45) is 0 Å². The van der Waals surface area contributed by atoms with E-state index in [0.29, 0.717) is 22.3 Å². The average Bonchev–Trinajstić information content (AvgIpc) is 3.13. The third-order valence-electron chi connectivity index (χ3n) is 5.07. The summed E-state index contributed by atoms with van der Waals surface area (Å²) in [7, 11) is 0. The Hall–Kier alpha value is -2.26. The Morgan fingerprint density at radius 3 is 2.80 bits per heavy atom. The number of anilines is 2. The molecular formula is C21H24F3N5S. The maximum Gasteiger partial charge on any atom is 0.416 e. The number of halogens is 3. The maximum absolute atomic E-state index is 13.1. The third-order valence-corrected chi connectivity index (χ3v) is 6.25. The lowest BCUT2D eigenvalue weighted by molar-refractivity contribution is -0.137. The van der Waals surface area contributed by atoms with Gasteiger partial charge in [-0.25, -0.2) is 9.50 Å². The number of imidazole rings is 1. The van der Waals surface area contributed by atoms with E-state index in [1.54, 1.807) is 28.5 Å². The lowest BCUT2D eigenvalue weighted by Crippen LogP contribution is -2.31. The Morgan fingerprint density at radius 2 is 2.10 bits per heavy atom. The molecule has 4 rings (SSSR count). The molecule has 1 fully saturated rings. The highest BCUT2D eigenvalue weighted by Crippen LogP contribution is 2.34. The molecule has 0 aliphatic carbocycles. The van der Waals surface area contributed by atoms with Crippen LogP contribution in [0.5, 0.6) is 0 Å². The van der Waals surface area contributed by atoms with Gasteiger partial charge in [0, 0.05) is 17.5 Å². The molecule has 1 aliphatic heterocycles. The number of rotatable bonds is 5. The van der Waals surface area contributed by atoms with E-state index in [9.17, 15) is 13.2 Å². The van der Waals surface area contributed by atoms with Crippen LogP contribution in [0.15, 0.2) is 41.6 Å². The van der Waals surface area contributed by atoms with Crippen molar-refractivity contribution in [2.45, 2.75) is 49.1 Å². The second-order valence-electron chi connectivity index (χ2n) is 7.76. The van der Waals surface area contributed by atoms with Crippen LogP contribution in [0, 0.1) is 0 Å². The van der Waals surface area contributed by atoms with Gasteiger partial charge < -0.3 is 10.6 Å². The summed E-state index contributed by atoms with van der Waals surface area (Å²) >= 11 is 1.69. The van der Waals surface area contributed by atoms with Gasteiger partial charge in [-0.2, -0.15) is 18.3 Å². The van der Waals surface area contributed by atoms with Crippen LogP contribution in [0.1, 0.15) is 43.9 Å². The molecule has 1 aliphatic rings. The molecule has 160 valence electrons. The molecule has 1 saturated heterocycles. The quantitative estimate of drug-likeness (QED) is 0.557. The van der Waals surface area contributed by atoms with Crippen molar-refractivity contribution in [3.05, 3.63) is 47.8 Å². The minimum absolute atomic E-state index is 0.213. The predicted octanol–water partition coefficient (Wildman–Crippen LogP) is 5.46. The highest BCUT2D eigenvalue weighted by Gasteiger charge is 2.30. The minimum atomic E-state index is -4.39. The molecular weight excluding hydrogens is 411 g/mol. The number of benzene rings is 1. The molecule has 1 atom stereocenters. The summed E-state index contributed by atoms with van der Waals surface area (Å²) in [5.74, 6) is 0.213. The number of hydrogen-bond donors (Lipinski definition) is 2. The summed E-state index contributed by atoms with van der Waals surface area (Å²) in [6, 6.07) is 7.08. The zero-order valence-electron chi connectivity index (χ0n) is 16.8. The molecule has 3 heterocycles. The molecule has 2 N–H and O–H groups in total. The van der Waals surface area contributed by atoms with Crippen molar-refractivity contribution in [1.82, 2.24) is 19.9 Å². The van der Waals surface area contributed by atoms with Gasteiger partial charge in [-0.15, -0.1) is 0 Å². The molecule has 5 nitrogen and oxygen atoms in total. The van der Waals surface area contributed by atoms with E-state index in [1.807, 2.05) is 6.07 Å². The van der Waals surface area contributed by atoms with Gasteiger partial charge in [0.15, 0.2) is 5.65 Å². The lowest BCUT2D eigenvalue weighted by atomic mass is 10.1. The van der Waals surface area contributed by atoms with Gasteiger partial charge in [-0.3, -0.25) is 0 Å². The Bertz CT molecular complexity index is 1030. The van der Waals surface area contributed by atoms with Gasteiger partial charge in [-0.05, 0) is 49.6 Å². The van der Waals surface area contributed by atoms with Crippen molar-refractivity contribution in [3.8, 4) is 0 Å². The number of thioether (sulfide) groups is 1. The standard InChI is InChI=1S/C21H24F3N5S/c1-13(2)18-12-26-20-17(27-15-6-3-5-14(9-15)21(22,23)24)10-19(28-29(18)20)30-16-7-4-8-25-11-16/h3,5-6,9-10,12-13,16,25,27H,4,7-8,11H2,1-2H3. The van der Waals surface area contributed by atoms with Gasteiger partial charge in [0.25, 0.3) is 0 Å². The molecule has 0 amide bonds. The second-order valence-corrected chi connectivity index (χ2v) is 9.08. The summed E-state index contributed by atoms with van der Waals surface area (Å²) in [6.45, 7) is 6.08. The van der Waals surface area contributed by atoms with Crippen LogP contribution < -0.4 is 10.6 Å². The predicted molar refractivity (Wildman–Crippen MR) is 114 cm³/mol. The molecule has 0 saturated carbocycles. The normalized spacial score (nSPS) is 17.6. The first-order valence-corrected chi connectivity index (χ1v) is 10.9. The van der Waals surface area contributed by atoms with Crippen molar-refractivity contribution in [3.63, 3.8) is 0 Å². The van der Waals surface area contributed by atoms with E-state index in [-0.39, 0.29) is 5.92 Å². The fraction of sp³-hybridized carbons (Fsp3) is 0.429. The molecule has 1 aromatic carbocycles. The first-order chi connectivity index (χ1) is 14.3. The van der Waals surface area contributed by atoms with Gasteiger partial charge >= 0.3 is 6.18 Å². The Balaban J connectivity index is 1.72. The SMILES string of the molecule is CC(C)c1cnc2c(Nc3cccc(C(F)(F)F)c3)cc(SC3CCCNC3)nn12. The molecule has 0 radical (unpaired) electrons. The van der Waals surface area contributed by atoms with Crippen LogP contribution in [0.25, 0.3) is 5.65 Å². The first-order valence-electron chi connectivity index (χ1n) is 10.0. The summed E-state index contributed by atoms with van der Waals surface area (Å²) in [5, 5.41) is 12.6. The van der Waals surface area contributed by atoms with Crippen LogP contribution in [0.4, 0.5) is 24.5 Å². The third kappa shape index (κ3) is 4.57. The highest BCUT2D eigenvalue weighted by molar-refractivity contribution is 7.99. The largest absolute Gasteiger partial charge is 0.416 e. The number of hydrogen-bond acceptors (Lipinski definition) is 5.